The van der Waals surface area contributed by atoms with Crippen molar-refractivity contribution in [2.45, 2.75) is 19.6 Å². The first-order valence-corrected chi connectivity index (χ1v) is 7.08. The van der Waals surface area contributed by atoms with Gasteiger partial charge in [-0.2, -0.15) is 0 Å². The Kier molecular flexibility index (Phi) is 5.32. The first kappa shape index (κ1) is 15.8. The van der Waals surface area contributed by atoms with Crippen molar-refractivity contribution in [1.82, 2.24) is 16.0 Å². The molecule has 0 bridgehead atoms. The molecule has 0 unspecified atom stereocenters. The van der Waals surface area contributed by atoms with Crippen LogP contribution in [0.15, 0.2) is 42.5 Å². The lowest BCUT2D eigenvalue weighted by Gasteiger charge is -2.12. The first-order valence-electron chi connectivity index (χ1n) is 7.08. The Morgan fingerprint density at radius 1 is 1.18 bits per heavy atom. The number of hydrogen-bond donors (Lipinski definition) is 5. The molecule has 0 spiro atoms. The van der Waals surface area contributed by atoms with E-state index in [1.165, 1.54) is 0 Å². The number of aliphatic hydroxyl groups is 1. The van der Waals surface area contributed by atoms with Crippen LogP contribution >= 0.6 is 0 Å². The number of fused-ring (bicyclic) bond motifs is 1. The Hall–Kier alpha value is -2.60. The minimum atomic E-state index is -0.622. The van der Waals surface area contributed by atoms with E-state index in [9.17, 15) is 4.79 Å². The molecule has 0 fully saturated rings. The highest BCUT2D eigenvalue weighted by Crippen LogP contribution is 2.17. The van der Waals surface area contributed by atoms with E-state index in [-0.39, 0.29) is 12.5 Å². The number of nitrogens with one attached hydrogen (secondary N) is 4. The van der Waals surface area contributed by atoms with Gasteiger partial charge in [0.25, 0.3) is 0 Å². The zero-order chi connectivity index (χ0) is 15.9. The SMILES string of the molecule is C[C@@H](O)CNC(=O)NC(=N)NCc1cccc2ccccc12. The molecule has 0 aliphatic heterocycles. The van der Waals surface area contributed by atoms with Gasteiger partial charge in [0.2, 0.25) is 0 Å². The van der Waals surface area contributed by atoms with Crippen LogP contribution in [0.3, 0.4) is 0 Å². The summed E-state index contributed by atoms with van der Waals surface area (Å²) in [6.07, 6.45) is -0.622. The quantitative estimate of drug-likeness (QED) is 0.438. The van der Waals surface area contributed by atoms with Gasteiger partial charge in [0.05, 0.1) is 6.10 Å². The second-order valence-electron chi connectivity index (χ2n) is 5.05. The second kappa shape index (κ2) is 7.42. The van der Waals surface area contributed by atoms with Crippen molar-refractivity contribution in [1.29, 1.82) is 5.41 Å². The van der Waals surface area contributed by atoms with E-state index in [2.05, 4.69) is 16.0 Å². The van der Waals surface area contributed by atoms with Crippen LogP contribution in [0.1, 0.15) is 12.5 Å². The zero-order valence-electron chi connectivity index (χ0n) is 12.4. The largest absolute Gasteiger partial charge is 0.392 e. The van der Waals surface area contributed by atoms with Gasteiger partial charge in [0.1, 0.15) is 0 Å². The smallest absolute Gasteiger partial charge is 0.321 e. The number of amides is 2. The third kappa shape index (κ3) is 4.46. The highest BCUT2D eigenvalue weighted by atomic mass is 16.3. The number of hydrogen-bond acceptors (Lipinski definition) is 3. The van der Waals surface area contributed by atoms with Gasteiger partial charge < -0.3 is 15.7 Å². The summed E-state index contributed by atoms with van der Waals surface area (Å²) < 4.78 is 0. The minimum absolute atomic E-state index is 0.0870. The van der Waals surface area contributed by atoms with Crippen LogP contribution in [-0.2, 0) is 6.54 Å². The standard InChI is InChI=1S/C16H20N4O2/c1-11(21)9-19-16(22)20-15(17)18-10-13-7-4-6-12-5-2-3-8-14(12)13/h2-8,11,21H,9-10H2,1H3,(H4,17,18,19,20,22)/t11-/m1/s1. The van der Waals surface area contributed by atoms with Crippen LogP contribution in [0, 0.1) is 5.41 Å². The van der Waals surface area contributed by atoms with E-state index in [0.717, 1.165) is 16.3 Å². The molecular formula is C16H20N4O2. The topological polar surface area (TPSA) is 97.2 Å². The first-order chi connectivity index (χ1) is 10.6. The molecule has 0 saturated carbocycles. The number of rotatable bonds is 4. The predicted octanol–water partition coefficient (Wildman–Crippen LogP) is 1.54. The molecule has 0 heterocycles. The Morgan fingerprint density at radius 2 is 1.91 bits per heavy atom. The maximum Gasteiger partial charge on any atom is 0.321 e. The molecule has 22 heavy (non-hydrogen) atoms. The molecule has 0 radical (unpaired) electrons. The average molecular weight is 300 g/mol. The van der Waals surface area contributed by atoms with Gasteiger partial charge in [-0.3, -0.25) is 10.7 Å². The van der Waals surface area contributed by atoms with Crippen molar-refractivity contribution < 1.29 is 9.90 Å². The molecule has 2 amide bonds. The molecule has 0 aromatic heterocycles. The molecule has 0 saturated heterocycles. The van der Waals surface area contributed by atoms with Crippen molar-refractivity contribution in [3.05, 3.63) is 48.0 Å². The summed E-state index contributed by atoms with van der Waals surface area (Å²) in [7, 11) is 0. The van der Waals surface area contributed by atoms with E-state index in [4.69, 9.17) is 10.5 Å². The number of benzene rings is 2. The van der Waals surface area contributed by atoms with Crippen molar-refractivity contribution in [2.75, 3.05) is 6.54 Å². The van der Waals surface area contributed by atoms with Gasteiger partial charge in [-0.15, -0.1) is 0 Å². The average Bonchev–Trinajstić information content (AvgIpc) is 2.51. The fourth-order valence-electron chi connectivity index (χ4n) is 2.07. The van der Waals surface area contributed by atoms with Crippen molar-refractivity contribution in [3.63, 3.8) is 0 Å². The molecule has 6 heteroatoms. The summed E-state index contributed by atoms with van der Waals surface area (Å²) in [5.74, 6) is -0.0870. The normalized spacial score (nSPS) is 11.7. The molecule has 1 atom stereocenters. The van der Waals surface area contributed by atoms with Gasteiger partial charge >= 0.3 is 6.03 Å². The van der Waals surface area contributed by atoms with Gasteiger partial charge in [0, 0.05) is 13.1 Å². The molecule has 5 N–H and O–H groups in total. The number of guanidine groups is 1. The molecule has 2 aromatic carbocycles. The van der Waals surface area contributed by atoms with Gasteiger partial charge in [-0.05, 0) is 23.3 Å². The lowest BCUT2D eigenvalue weighted by atomic mass is 10.0. The second-order valence-corrected chi connectivity index (χ2v) is 5.05. The molecule has 2 aromatic rings. The van der Waals surface area contributed by atoms with Gasteiger partial charge in [-0.1, -0.05) is 42.5 Å². The van der Waals surface area contributed by atoms with Crippen LogP contribution in [-0.4, -0.2) is 29.7 Å². The number of carbonyl (C=O) groups excluding carboxylic acids is 1. The third-order valence-corrected chi connectivity index (χ3v) is 3.13. The molecular weight excluding hydrogens is 280 g/mol. The fourth-order valence-corrected chi connectivity index (χ4v) is 2.07. The summed E-state index contributed by atoms with van der Waals surface area (Å²) in [5.41, 5.74) is 1.05. The zero-order valence-corrected chi connectivity index (χ0v) is 12.4. The van der Waals surface area contributed by atoms with Gasteiger partial charge in [-0.25, -0.2) is 4.79 Å². The monoisotopic (exact) mass is 300 g/mol. The molecule has 2 rings (SSSR count). The van der Waals surface area contributed by atoms with Crippen LogP contribution in [0.5, 0.6) is 0 Å². The Labute approximate surface area is 129 Å². The van der Waals surface area contributed by atoms with Crippen molar-refractivity contribution in [3.8, 4) is 0 Å². The molecule has 0 aliphatic carbocycles. The third-order valence-electron chi connectivity index (χ3n) is 3.13. The number of urea groups is 1. The van der Waals surface area contributed by atoms with E-state index >= 15 is 0 Å². The van der Waals surface area contributed by atoms with Crippen molar-refractivity contribution in [2.24, 2.45) is 0 Å². The maximum atomic E-state index is 11.5. The van der Waals surface area contributed by atoms with E-state index in [0.29, 0.717) is 6.54 Å². The maximum absolute atomic E-state index is 11.5. The highest BCUT2D eigenvalue weighted by Gasteiger charge is 2.06. The fraction of sp³-hybridized carbons (Fsp3) is 0.250. The minimum Gasteiger partial charge on any atom is -0.392 e. The van der Waals surface area contributed by atoms with Gasteiger partial charge in [0.15, 0.2) is 5.96 Å². The van der Waals surface area contributed by atoms with Crippen LogP contribution in [0.4, 0.5) is 4.79 Å². The number of carbonyl (C=O) groups is 1. The van der Waals surface area contributed by atoms with Crippen LogP contribution in [0.25, 0.3) is 10.8 Å². The lowest BCUT2D eigenvalue weighted by molar-refractivity contribution is 0.188. The van der Waals surface area contributed by atoms with Crippen molar-refractivity contribution >= 4 is 22.8 Å². The summed E-state index contributed by atoms with van der Waals surface area (Å²) in [4.78, 5) is 11.5. The van der Waals surface area contributed by atoms with E-state index in [1.807, 2.05) is 42.5 Å². The summed E-state index contributed by atoms with van der Waals surface area (Å²) in [6.45, 7) is 2.16. The summed E-state index contributed by atoms with van der Waals surface area (Å²) in [6, 6.07) is 13.5. The molecule has 6 nitrogen and oxygen atoms in total. The summed E-state index contributed by atoms with van der Waals surface area (Å²) >= 11 is 0. The van der Waals surface area contributed by atoms with E-state index < -0.39 is 12.1 Å². The predicted molar refractivity (Wildman–Crippen MR) is 86.7 cm³/mol. The highest BCUT2D eigenvalue weighted by molar-refractivity contribution is 5.94. The Morgan fingerprint density at radius 3 is 2.68 bits per heavy atom. The molecule has 116 valence electrons. The molecule has 0 aliphatic rings. The van der Waals surface area contributed by atoms with Crippen LogP contribution < -0.4 is 16.0 Å². The Bertz CT molecular complexity index is 665. The number of aliphatic hydroxyl groups excluding tert-OH is 1. The lowest BCUT2D eigenvalue weighted by Crippen LogP contribution is -2.46. The summed E-state index contributed by atoms with van der Waals surface area (Å²) in [5, 5.41) is 26.7. The Balaban J connectivity index is 1.89. The van der Waals surface area contributed by atoms with Crippen LogP contribution in [0.2, 0.25) is 0 Å². The van der Waals surface area contributed by atoms with E-state index in [1.54, 1.807) is 6.92 Å².